The SMILES string of the molecule is CC(C)C1=C2C3CCC4C5(C)CCC(OC(=O)CC(C)(C)C(=O)O)C(C)(C)C5CCCC4(C)[C@]3(C)CCC2(/C(=C/C=O)N(C)N(C)Cc2ccccc2)CC1=O. The van der Waals surface area contributed by atoms with Crippen LogP contribution in [0.15, 0.2) is 53.3 Å². The van der Waals surface area contributed by atoms with Crippen molar-refractivity contribution in [1.29, 1.82) is 0 Å². The number of carbonyl (C=O) groups is 4. The van der Waals surface area contributed by atoms with Gasteiger partial charge in [-0.1, -0.05) is 85.2 Å². The second-order valence-corrected chi connectivity index (χ2v) is 20.8. The van der Waals surface area contributed by atoms with Gasteiger partial charge in [-0.15, -0.1) is 0 Å². The van der Waals surface area contributed by atoms with Crippen molar-refractivity contribution in [2.75, 3.05) is 14.1 Å². The fraction of sp³-hybridized carbons (Fsp3) is 0.708. The molecule has 1 aromatic carbocycles. The number of hydrogen-bond acceptors (Lipinski definition) is 7. The number of hydrogen-bond donors (Lipinski definition) is 1. The van der Waals surface area contributed by atoms with E-state index in [1.165, 1.54) is 11.1 Å². The Labute approximate surface area is 336 Å². The van der Waals surface area contributed by atoms with Gasteiger partial charge in [-0.25, -0.2) is 5.01 Å². The Kier molecular flexibility index (Phi) is 11.2. The van der Waals surface area contributed by atoms with Crippen LogP contribution in [0.2, 0.25) is 0 Å². The van der Waals surface area contributed by atoms with Gasteiger partial charge in [-0.3, -0.25) is 19.2 Å². The van der Waals surface area contributed by atoms with E-state index in [0.717, 1.165) is 75.3 Å². The minimum atomic E-state index is -1.17. The van der Waals surface area contributed by atoms with Crippen LogP contribution in [0.3, 0.4) is 0 Å². The van der Waals surface area contributed by atoms with E-state index in [9.17, 15) is 24.3 Å². The van der Waals surface area contributed by atoms with Gasteiger partial charge in [-0.05, 0) is 128 Å². The quantitative estimate of drug-likeness (QED) is 0.103. The molecule has 8 atom stereocenters. The molecule has 1 aromatic rings. The number of carbonyl (C=O) groups excluding carboxylic acids is 3. The number of ketones is 1. The molecule has 8 nitrogen and oxygen atoms in total. The lowest BCUT2D eigenvalue weighted by atomic mass is 9.36. The third-order valence-electron chi connectivity index (χ3n) is 16.9. The van der Waals surface area contributed by atoms with Gasteiger partial charge in [0, 0.05) is 43.6 Å². The number of allylic oxidation sites excluding steroid dienone is 3. The molecule has 308 valence electrons. The predicted molar refractivity (Wildman–Crippen MR) is 220 cm³/mol. The van der Waals surface area contributed by atoms with Crippen molar-refractivity contribution in [3.8, 4) is 0 Å². The number of rotatable bonds is 11. The Morgan fingerprint density at radius 1 is 0.929 bits per heavy atom. The molecule has 4 saturated carbocycles. The van der Waals surface area contributed by atoms with Crippen LogP contribution in [0.5, 0.6) is 0 Å². The van der Waals surface area contributed by atoms with Gasteiger partial charge in [0.05, 0.1) is 11.8 Å². The van der Waals surface area contributed by atoms with Crippen molar-refractivity contribution in [3.05, 3.63) is 58.8 Å². The van der Waals surface area contributed by atoms with E-state index >= 15 is 0 Å². The van der Waals surface area contributed by atoms with E-state index in [1.54, 1.807) is 19.9 Å². The van der Waals surface area contributed by atoms with Crippen molar-refractivity contribution in [3.63, 3.8) is 0 Å². The highest BCUT2D eigenvalue weighted by atomic mass is 16.5. The average molecular weight is 771 g/mol. The Morgan fingerprint density at radius 3 is 2.23 bits per heavy atom. The Balaban J connectivity index is 1.35. The first kappa shape index (κ1) is 42.3. The summed E-state index contributed by atoms with van der Waals surface area (Å²) < 4.78 is 6.23. The second-order valence-electron chi connectivity index (χ2n) is 20.8. The van der Waals surface area contributed by atoms with E-state index in [2.05, 4.69) is 96.8 Å². The largest absolute Gasteiger partial charge is 0.481 e. The van der Waals surface area contributed by atoms with Gasteiger partial charge in [0.2, 0.25) is 0 Å². The molecule has 0 radical (unpaired) electrons. The van der Waals surface area contributed by atoms with E-state index in [-0.39, 0.29) is 51.8 Å². The summed E-state index contributed by atoms with van der Waals surface area (Å²) in [4.78, 5) is 52.0. The number of aldehydes is 1. The van der Waals surface area contributed by atoms with E-state index < -0.39 is 22.8 Å². The zero-order valence-corrected chi connectivity index (χ0v) is 36.3. The van der Waals surface area contributed by atoms with Crippen molar-refractivity contribution in [2.24, 2.45) is 56.2 Å². The zero-order valence-electron chi connectivity index (χ0n) is 36.3. The number of fused-ring (bicyclic) bond motifs is 7. The number of benzene rings is 1. The topological polar surface area (TPSA) is 104 Å². The molecular formula is C48H70N2O6. The summed E-state index contributed by atoms with van der Waals surface area (Å²) >= 11 is 0. The standard InChI is InChI=1S/C48H70N2O6/c1-31(2)40-34(52)28-48(37(22-27-51)50(11)49(10)30-32-16-13-12-14-17-32)26-25-46(8)33(41(40)48)19-20-36-45(7)24-21-38(56-39(53)29-43(3,4)42(54)55)44(5,6)35(45)18-15-23-47(36,46)9/h12-14,16-17,22,27,31,33,35-36,38H,15,18-21,23-26,28-30H2,1-11H3,(H,54,55)/b37-22-/t33?,35?,36?,38?,45?,46-,47?,48?/m1/s1. The Morgan fingerprint density at radius 2 is 1.61 bits per heavy atom. The lowest BCUT2D eigenvalue weighted by molar-refractivity contribution is -0.198. The van der Waals surface area contributed by atoms with Crippen LogP contribution in [-0.4, -0.2) is 59.3 Å². The molecule has 6 rings (SSSR count). The van der Waals surface area contributed by atoms with Gasteiger partial charge in [0.25, 0.3) is 0 Å². The highest BCUT2D eigenvalue weighted by molar-refractivity contribution is 6.01. The second kappa shape index (κ2) is 14.8. The first-order valence-corrected chi connectivity index (χ1v) is 21.5. The fourth-order valence-electron chi connectivity index (χ4n) is 13.8. The lowest BCUT2D eigenvalue weighted by Gasteiger charge is -2.68. The van der Waals surface area contributed by atoms with Crippen LogP contribution in [0.25, 0.3) is 0 Å². The number of carboxylic acid groups (broad SMARTS) is 1. The Bertz CT molecular complexity index is 1780. The van der Waals surface area contributed by atoms with Crippen LogP contribution in [0.1, 0.15) is 139 Å². The molecule has 0 spiro atoms. The number of carboxylic acids is 1. The molecule has 7 unspecified atom stereocenters. The van der Waals surface area contributed by atoms with Gasteiger partial charge in [-0.2, -0.15) is 0 Å². The number of nitrogens with zero attached hydrogens (tertiary/aromatic N) is 2. The highest BCUT2D eigenvalue weighted by Gasteiger charge is 2.69. The monoisotopic (exact) mass is 771 g/mol. The molecule has 1 N–H and O–H groups in total. The summed E-state index contributed by atoms with van der Waals surface area (Å²) in [6.45, 7) is 20.5. The molecule has 0 heterocycles. The predicted octanol–water partition coefficient (Wildman–Crippen LogP) is 9.83. The first-order valence-electron chi connectivity index (χ1n) is 21.5. The maximum atomic E-state index is 14.4. The minimum absolute atomic E-state index is 0.0158. The molecular weight excluding hydrogens is 701 g/mol. The first-order chi connectivity index (χ1) is 26.1. The minimum Gasteiger partial charge on any atom is -0.481 e. The molecule has 0 amide bonds. The molecule has 0 bridgehead atoms. The van der Waals surface area contributed by atoms with Crippen LogP contribution < -0.4 is 0 Å². The smallest absolute Gasteiger partial charge is 0.309 e. The third kappa shape index (κ3) is 6.62. The third-order valence-corrected chi connectivity index (χ3v) is 16.9. The van der Waals surface area contributed by atoms with Crippen molar-refractivity contribution in [2.45, 2.75) is 146 Å². The number of esters is 1. The van der Waals surface area contributed by atoms with E-state index in [4.69, 9.17) is 4.74 Å². The van der Waals surface area contributed by atoms with Gasteiger partial charge >= 0.3 is 11.9 Å². The normalized spacial score (nSPS) is 35.6. The number of Topliss-reactive ketones (excluding diaryl/α,β-unsaturated/α-hetero) is 1. The maximum absolute atomic E-state index is 14.4. The van der Waals surface area contributed by atoms with Crippen LogP contribution in [0, 0.1) is 56.2 Å². The molecule has 0 aromatic heterocycles. The highest BCUT2D eigenvalue weighted by Crippen LogP contribution is 2.76. The summed E-state index contributed by atoms with van der Waals surface area (Å²) in [5.41, 5.74) is 2.49. The summed E-state index contributed by atoms with van der Waals surface area (Å²) in [6, 6.07) is 10.4. The molecule has 4 fully saturated rings. The summed E-state index contributed by atoms with van der Waals surface area (Å²) in [5.74, 6) is -0.0387. The van der Waals surface area contributed by atoms with E-state index in [1.807, 2.05) is 6.07 Å². The Hall–Kier alpha value is -3.26. The number of hydrazine groups is 1. The number of ether oxygens (including phenoxy) is 1. The van der Waals surface area contributed by atoms with Gasteiger partial charge < -0.3 is 14.9 Å². The molecule has 56 heavy (non-hydrogen) atoms. The molecule has 0 saturated heterocycles. The van der Waals surface area contributed by atoms with Crippen LogP contribution >= 0.6 is 0 Å². The number of aliphatic carboxylic acids is 1. The van der Waals surface area contributed by atoms with E-state index in [0.29, 0.717) is 24.8 Å². The summed E-state index contributed by atoms with van der Waals surface area (Å²) in [5, 5.41) is 14.0. The summed E-state index contributed by atoms with van der Waals surface area (Å²) in [6.07, 6.45) is 11.6. The van der Waals surface area contributed by atoms with Gasteiger partial charge in [0.15, 0.2) is 5.78 Å². The fourth-order valence-corrected chi connectivity index (χ4v) is 13.8. The molecule has 5 aliphatic rings. The van der Waals surface area contributed by atoms with Gasteiger partial charge in [0.1, 0.15) is 12.4 Å². The maximum Gasteiger partial charge on any atom is 0.309 e. The average Bonchev–Trinajstić information content (AvgIpc) is 3.36. The van der Waals surface area contributed by atoms with Crippen molar-refractivity contribution >= 4 is 24.0 Å². The zero-order chi connectivity index (χ0) is 41.2. The van der Waals surface area contributed by atoms with Crippen LogP contribution in [0.4, 0.5) is 0 Å². The molecule has 8 heteroatoms. The van der Waals surface area contributed by atoms with Crippen LogP contribution in [-0.2, 0) is 30.5 Å². The van der Waals surface area contributed by atoms with Crippen molar-refractivity contribution in [1.82, 2.24) is 10.0 Å². The molecule has 0 aliphatic heterocycles. The molecule has 5 aliphatic carbocycles. The lowest BCUT2D eigenvalue weighted by Crippen LogP contribution is -2.62. The summed E-state index contributed by atoms with van der Waals surface area (Å²) in [7, 11) is 4.13. The van der Waals surface area contributed by atoms with Crippen molar-refractivity contribution < 1.29 is 29.0 Å².